The quantitative estimate of drug-likeness (QED) is 0.735. The van der Waals surface area contributed by atoms with E-state index in [1.165, 1.54) is 5.39 Å². The summed E-state index contributed by atoms with van der Waals surface area (Å²) < 4.78 is 5.22. The summed E-state index contributed by atoms with van der Waals surface area (Å²) in [4.78, 5) is 19.1. The molecule has 0 unspecified atom stereocenters. The third-order valence-corrected chi connectivity index (χ3v) is 3.66. The van der Waals surface area contributed by atoms with Crippen molar-refractivity contribution < 1.29 is 9.53 Å². The lowest BCUT2D eigenvalue weighted by molar-refractivity contribution is 0.147. The Hall–Kier alpha value is -2.82. The summed E-state index contributed by atoms with van der Waals surface area (Å²) in [6, 6.07) is 13.8. The molecule has 0 saturated heterocycles. The van der Waals surface area contributed by atoms with Crippen molar-refractivity contribution in [3.63, 3.8) is 0 Å². The van der Waals surface area contributed by atoms with Crippen LogP contribution in [0.5, 0.6) is 0 Å². The van der Waals surface area contributed by atoms with Crippen molar-refractivity contribution in [3.8, 4) is 0 Å². The number of rotatable bonds is 6. The van der Waals surface area contributed by atoms with E-state index in [0.29, 0.717) is 26.0 Å². The van der Waals surface area contributed by atoms with E-state index < -0.39 is 0 Å². The monoisotopic (exact) mass is 309 g/mol. The number of hydrogen-bond donors (Lipinski definition) is 2. The van der Waals surface area contributed by atoms with Gasteiger partial charge >= 0.3 is 6.09 Å². The number of carbonyl (C=O) groups is 1. The predicted octanol–water partition coefficient (Wildman–Crippen LogP) is 3.07. The normalized spacial score (nSPS) is 10.6. The minimum absolute atomic E-state index is 0.358. The molecule has 0 spiro atoms. The van der Waals surface area contributed by atoms with Gasteiger partial charge in [-0.1, -0.05) is 24.3 Å². The Balaban J connectivity index is 1.39. The molecule has 0 bridgehead atoms. The van der Waals surface area contributed by atoms with E-state index in [9.17, 15) is 4.79 Å². The van der Waals surface area contributed by atoms with Crippen molar-refractivity contribution in [2.75, 3.05) is 13.2 Å². The van der Waals surface area contributed by atoms with Gasteiger partial charge in [0.2, 0.25) is 0 Å². The highest BCUT2D eigenvalue weighted by Gasteiger charge is 2.05. The van der Waals surface area contributed by atoms with Gasteiger partial charge in [0.05, 0.1) is 6.61 Å². The molecule has 5 heteroatoms. The second-order valence-corrected chi connectivity index (χ2v) is 5.24. The Bertz CT molecular complexity index is 768. The number of para-hydroxylation sites is 1. The van der Waals surface area contributed by atoms with Gasteiger partial charge in [-0.25, -0.2) is 4.79 Å². The molecule has 0 atom stereocenters. The van der Waals surface area contributed by atoms with Crippen molar-refractivity contribution >= 4 is 17.0 Å². The fraction of sp³-hybridized carbons (Fsp3) is 0.222. The molecule has 2 N–H and O–H groups in total. The van der Waals surface area contributed by atoms with Gasteiger partial charge in [-0.2, -0.15) is 0 Å². The van der Waals surface area contributed by atoms with Crippen molar-refractivity contribution in [2.24, 2.45) is 0 Å². The Labute approximate surface area is 134 Å². The number of ether oxygens (including phenoxy) is 1. The van der Waals surface area contributed by atoms with Crippen LogP contribution in [0, 0.1) is 0 Å². The third kappa shape index (κ3) is 4.10. The topological polar surface area (TPSA) is 67.0 Å². The first-order valence-electron chi connectivity index (χ1n) is 7.68. The van der Waals surface area contributed by atoms with E-state index in [2.05, 4.69) is 21.4 Å². The molecule has 23 heavy (non-hydrogen) atoms. The van der Waals surface area contributed by atoms with E-state index in [1.807, 2.05) is 42.6 Å². The SMILES string of the molecule is O=C(NCCc1ccccn1)OCCc1c[nH]c2ccccc12. The first kappa shape index (κ1) is 15.1. The predicted molar refractivity (Wildman–Crippen MR) is 89.3 cm³/mol. The minimum Gasteiger partial charge on any atom is -0.449 e. The molecular formula is C18H19N3O2. The molecule has 1 aromatic carbocycles. The van der Waals surface area contributed by atoms with Crippen LogP contribution in [0.4, 0.5) is 4.79 Å². The molecule has 1 amide bonds. The lowest BCUT2D eigenvalue weighted by atomic mass is 10.1. The number of benzene rings is 1. The second-order valence-electron chi connectivity index (χ2n) is 5.24. The largest absolute Gasteiger partial charge is 0.449 e. The molecule has 118 valence electrons. The molecule has 0 aliphatic rings. The highest BCUT2D eigenvalue weighted by molar-refractivity contribution is 5.83. The van der Waals surface area contributed by atoms with Crippen LogP contribution in [0.1, 0.15) is 11.3 Å². The maximum atomic E-state index is 11.7. The Morgan fingerprint density at radius 3 is 2.87 bits per heavy atom. The third-order valence-electron chi connectivity index (χ3n) is 3.66. The molecule has 0 saturated carbocycles. The van der Waals surface area contributed by atoms with Gasteiger partial charge in [-0.3, -0.25) is 4.98 Å². The summed E-state index contributed by atoms with van der Waals surface area (Å²) in [7, 11) is 0. The minimum atomic E-state index is -0.388. The first-order valence-corrected chi connectivity index (χ1v) is 7.68. The summed E-state index contributed by atoms with van der Waals surface area (Å²) in [5, 5.41) is 3.91. The van der Waals surface area contributed by atoms with Gasteiger partial charge in [0.1, 0.15) is 0 Å². The molecule has 2 heterocycles. The molecule has 0 fully saturated rings. The summed E-state index contributed by atoms with van der Waals surface area (Å²) >= 11 is 0. The van der Waals surface area contributed by atoms with Crippen LogP contribution in [0.2, 0.25) is 0 Å². The zero-order valence-electron chi connectivity index (χ0n) is 12.8. The highest BCUT2D eigenvalue weighted by Crippen LogP contribution is 2.17. The average molecular weight is 309 g/mol. The number of alkyl carbamates (subject to hydrolysis) is 1. The van der Waals surface area contributed by atoms with Crippen molar-refractivity contribution in [3.05, 3.63) is 66.1 Å². The summed E-state index contributed by atoms with van der Waals surface area (Å²) in [6.45, 7) is 0.875. The number of carbonyl (C=O) groups excluding carboxylic acids is 1. The van der Waals surface area contributed by atoms with Crippen molar-refractivity contribution in [1.29, 1.82) is 0 Å². The van der Waals surface area contributed by atoms with Crippen LogP contribution in [0.3, 0.4) is 0 Å². The number of nitrogens with one attached hydrogen (secondary N) is 2. The van der Waals surface area contributed by atoms with E-state index in [1.54, 1.807) is 6.20 Å². The van der Waals surface area contributed by atoms with Crippen LogP contribution in [-0.2, 0) is 17.6 Å². The number of H-pyrrole nitrogens is 1. The first-order chi connectivity index (χ1) is 11.3. The van der Waals surface area contributed by atoms with Crippen molar-refractivity contribution in [2.45, 2.75) is 12.8 Å². The number of fused-ring (bicyclic) bond motifs is 1. The molecule has 0 aliphatic carbocycles. The average Bonchev–Trinajstić information content (AvgIpc) is 2.99. The smallest absolute Gasteiger partial charge is 0.407 e. The lowest BCUT2D eigenvalue weighted by Gasteiger charge is -2.06. The van der Waals surface area contributed by atoms with E-state index in [-0.39, 0.29) is 6.09 Å². The summed E-state index contributed by atoms with van der Waals surface area (Å²) in [6.07, 6.45) is 4.71. The summed E-state index contributed by atoms with van der Waals surface area (Å²) in [5.41, 5.74) is 3.20. The van der Waals surface area contributed by atoms with Crippen LogP contribution in [0.25, 0.3) is 10.9 Å². The van der Waals surface area contributed by atoms with E-state index in [4.69, 9.17) is 4.74 Å². The Kier molecular flexibility index (Phi) is 4.88. The maximum absolute atomic E-state index is 11.7. The number of nitrogens with zero attached hydrogens (tertiary/aromatic N) is 1. The number of aromatic amines is 1. The Morgan fingerprint density at radius 2 is 2.00 bits per heavy atom. The van der Waals surface area contributed by atoms with Gasteiger partial charge in [0.25, 0.3) is 0 Å². The van der Waals surface area contributed by atoms with Gasteiger partial charge in [0.15, 0.2) is 0 Å². The van der Waals surface area contributed by atoms with Gasteiger partial charge in [0, 0.05) is 48.4 Å². The number of hydrogen-bond acceptors (Lipinski definition) is 3. The van der Waals surface area contributed by atoms with Crippen molar-refractivity contribution in [1.82, 2.24) is 15.3 Å². The molecule has 0 aliphatic heterocycles. The molecule has 2 aromatic heterocycles. The molecule has 0 radical (unpaired) electrons. The lowest BCUT2D eigenvalue weighted by Crippen LogP contribution is -2.27. The fourth-order valence-electron chi connectivity index (χ4n) is 2.48. The fourth-order valence-corrected chi connectivity index (χ4v) is 2.48. The second kappa shape index (κ2) is 7.45. The zero-order chi connectivity index (χ0) is 15.9. The van der Waals surface area contributed by atoms with Crippen LogP contribution in [-0.4, -0.2) is 29.2 Å². The van der Waals surface area contributed by atoms with Gasteiger partial charge in [-0.15, -0.1) is 0 Å². The molecular weight excluding hydrogens is 290 g/mol. The van der Waals surface area contributed by atoms with Gasteiger partial charge in [-0.05, 0) is 23.8 Å². The standard InChI is InChI=1S/C18H19N3O2/c22-18(20-11-8-15-5-3-4-10-19-15)23-12-9-14-13-21-17-7-2-1-6-16(14)17/h1-7,10,13,21H,8-9,11-12H2,(H,20,22). The number of pyridine rings is 1. The Morgan fingerprint density at radius 1 is 1.13 bits per heavy atom. The van der Waals surface area contributed by atoms with Crippen LogP contribution in [0.15, 0.2) is 54.9 Å². The highest BCUT2D eigenvalue weighted by atomic mass is 16.5. The van der Waals surface area contributed by atoms with E-state index >= 15 is 0 Å². The summed E-state index contributed by atoms with van der Waals surface area (Å²) in [5.74, 6) is 0. The van der Waals surface area contributed by atoms with Crippen LogP contribution < -0.4 is 5.32 Å². The maximum Gasteiger partial charge on any atom is 0.407 e. The number of amides is 1. The van der Waals surface area contributed by atoms with Crippen LogP contribution >= 0.6 is 0 Å². The molecule has 5 nitrogen and oxygen atoms in total. The molecule has 3 rings (SSSR count). The molecule has 3 aromatic rings. The number of aromatic nitrogens is 2. The van der Waals surface area contributed by atoms with Gasteiger partial charge < -0.3 is 15.0 Å². The van der Waals surface area contributed by atoms with E-state index in [0.717, 1.165) is 16.8 Å². The zero-order valence-corrected chi connectivity index (χ0v) is 12.8.